The van der Waals surface area contributed by atoms with E-state index in [1.54, 1.807) is 0 Å². The Morgan fingerprint density at radius 3 is 2.20 bits per heavy atom. The molecule has 0 aromatic heterocycles. The van der Waals surface area contributed by atoms with Gasteiger partial charge in [0.15, 0.2) is 0 Å². The number of piperidine rings is 1. The lowest BCUT2D eigenvalue weighted by Gasteiger charge is -2.39. The van der Waals surface area contributed by atoms with E-state index in [9.17, 15) is 19.5 Å². The number of carbonyl (C=O) groups is 3. The number of amides is 2. The summed E-state index contributed by atoms with van der Waals surface area (Å²) in [6, 6.07) is 15.3. The largest absolute Gasteiger partial charge is 0.480 e. The molecule has 0 bridgehead atoms. The molecule has 1 heterocycles. The van der Waals surface area contributed by atoms with Crippen molar-refractivity contribution >= 4 is 18.0 Å². The fraction of sp³-hybridized carbons (Fsp3) is 0.464. The maximum absolute atomic E-state index is 13.4. The Labute approximate surface area is 205 Å². The highest BCUT2D eigenvalue weighted by Gasteiger charge is 2.40. The number of hydrogen-bond acceptors (Lipinski definition) is 4. The third-order valence-corrected chi connectivity index (χ3v) is 7.80. The number of fused-ring (bicyclic) bond motifs is 3. The topological polar surface area (TPSA) is 95.9 Å². The van der Waals surface area contributed by atoms with E-state index in [0.717, 1.165) is 36.8 Å². The van der Waals surface area contributed by atoms with Gasteiger partial charge in [0.2, 0.25) is 5.91 Å². The molecule has 2 amide bonds. The first kappa shape index (κ1) is 23.4. The molecular weight excluding hydrogens is 444 g/mol. The number of nitrogens with one attached hydrogen (secondary N) is 1. The standard InChI is InChI=1S/C28H32N2O5/c31-26(30-16-8-7-15-25(30)27(32)33)22-13-5-6-14-24(22)29-28(34)35-17-23-20-11-3-1-9-18(20)19-10-2-4-12-21(19)23/h1-4,9-12,22-25H,5-8,13-17H2,(H,29,34)(H,32,33)/t22-,24+,25-/m1/s1. The van der Waals surface area contributed by atoms with Crippen LogP contribution < -0.4 is 5.32 Å². The van der Waals surface area contributed by atoms with Crippen LogP contribution in [0.4, 0.5) is 4.79 Å². The predicted molar refractivity (Wildman–Crippen MR) is 131 cm³/mol. The minimum Gasteiger partial charge on any atom is -0.480 e. The summed E-state index contributed by atoms with van der Waals surface area (Å²) in [4.78, 5) is 39.5. The molecule has 0 radical (unpaired) electrons. The average molecular weight is 477 g/mol. The van der Waals surface area contributed by atoms with Gasteiger partial charge in [-0.15, -0.1) is 0 Å². The molecule has 2 aliphatic carbocycles. The van der Waals surface area contributed by atoms with Crippen molar-refractivity contribution in [3.05, 3.63) is 59.7 Å². The summed E-state index contributed by atoms with van der Waals surface area (Å²) in [5.74, 6) is -1.54. The second-order valence-corrected chi connectivity index (χ2v) is 9.85. The van der Waals surface area contributed by atoms with Crippen molar-refractivity contribution in [3.8, 4) is 11.1 Å². The summed E-state index contributed by atoms with van der Waals surface area (Å²) in [6.45, 7) is 0.683. The summed E-state index contributed by atoms with van der Waals surface area (Å²) in [5.41, 5.74) is 4.64. The van der Waals surface area contributed by atoms with E-state index in [-0.39, 0.29) is 24.5 Å². The van der Waals surface area contributed by atoms with Crippen LogP contribution in [0, 0.1) is 5.92 Å². The van der Waals surface area contributed by atoms with Crippen LogP contribution in [-0.2, 0) is 14.3 Å². The smallest absolute Gasteiger partial charge is 0.407 e. The van der Waals surface area contributed by atoms with Gasteiger partial charge in [-0.2, -0.15) is 0 Å². The van der Waals surface area contributed by atoms with Crippen LogP contribution in [0.25, 0.3) is 11.1 Å². The Kier molecular flexibility index (Phi) is 6.75. The second-order valence-electron chi connectivity index (χ2n) is 9.85. The highest BCUT2D eigenvalue weighted by atomic mass is 16.5. The molecule has 2 N–H and O–H groups in total. The van der Waals surface area contributed by atoms with Gasteiger partial charge in [-0.05, 0) is 54.4 Å². The summed E-state index contributed by atoms with van der Waals surface area (Å²) in [5, 5.41) is 12.5. The maximum Gasteiger partial charge on any atom is 0.407 e. The number of benzene rings is 2. The molecule has 3 aliphatic rings. The van der Waals surface area contributed by atoms with Crippen LogP contribution in [0.3, 0.4) is 0 Å². The monoisotopic (exact) mass is 476 g/mol. The molecule has 2 fully saturated rings. The van der Waals surface area contributed by atoms with E-state index in [4.69, 9.17) is 4.74 Å². The minimum atomic E-state index is -0.949. The number of nitrogens with zero attached hydrogens (tertiary/aromatic N) is 1. The maximum atomic E-state index is 13.4. The lowest BCUT2D eigenvalue weighted by Crippen LogP contribution is -2.55. The quantitative estimate of drug-likeness (QED) is 0.660. The van der Waals surface area contributed by atoms with Crippen molar-refractivity contribution in [2.75, 3.05) is 13.2 Å². The fourth-order valence-electron chi connectivity index (χ4n) is 6.06. The van der Waals surface area contributed by atoms with Crippen molar-refractivity contribution in [2.45, 2.75) is 62.9 Å². The van der Waals surface area contributed by atoms with Crippen molar-refractivity contribution in [1.29, 1.82) is 0 Å². The molecule has 0 unspecified atom stereocenters. The average Bonchev–Trinajstić information content (AvgIpc) is 3.21. The fourth-order valence-corrected chi connectivity index (χ4v) is 6.06. The van der Waals surface area contributed by atoms with Crippen LogP contribution >= 0.6 is 0 Å². The van der Waals surface area contributed by atoms with Gasteiger partial charge in [-0.25, -0.2) is 9.59 Å². The molecule has 1 aliphatic heterocycles. The van der Waals surface area contributed by atoms with Gasteiger partial charge in [0.25, 0.3) is 0 Å². The van der Waals surface area contributed by atoms with E-state index >= 15 is 0 Å². The zero-order valence-electron chi connectivity index (χ0n) is 19.8. The zero-order chi connectivity index (χ0) is 24.4. The molecule has 2 aromatic carbocycles. The van der Waals surface area contributed by atoms with Gasteiger partial charge in [0, 0.05) is 18.5 Å². The highest BCUT2D eigenvalue weighted by molar-refractivity contribution is 5.86. The SMILES string of the molecule is O=C(N[C@H]1CCCC[C@H]1C(=O)N1CCCC[C@@H]1C(=O)O)OCC1c2ccccc2-c2ccccc21. The first-order valence-corrected chi connectivity index (χ1v) is 12.7. The minimum absolute atomic E-state index is 0.0263. The van der Waals surface area contributed by atoms with Gasteiger partial charge in [0.05, 0.1) is 5.92 Å². The number of hydrogen-bond donors (Lipinski definition) is 2. The number of carboxylic acid groups (broad SMARTS) is 1. The molecule has 1 saturated carbocycles. The highest BCUT2D eigenvalue weighted by Crippen LogP contribution is 2.44. The number of carbonyl (C=O) groups excluding carboxylic acids is 2. The molecule has 3 atom stereocenters. The number of aliphatic carboxylic acids is 1. The number of carboxylic acids is 1. The molecule has 2 aromatic rings. The van der Waals surface area contributed by atoms with Gasteiger partial charge >= 0.3 is 12.1 Å². The first-order chi connectivity index (χ1) is 17.0. The number of likely N-dealkylation sites (tertiary alicyclic amines) is 1. The Balaban J connectivity index is 1.25. The summed E-state index contributed by atoms with van der Waals surface area (Å²) in [6.07, 6.45) is 4.73. The van der Waals surface area contributed by atoms with Crippen molar-refractivity contribution in [1.82, 2.24) is 10.2 Å². The third kappa shape index (κ3) is 4.64. The first-order valence-electron chi connectivity index (χ1n) is 12.7. The predicted octanol–water partition coefficient (Wildman–Crippen LogP) is 4.55. The Bertz CT molecular complexity index is 1070. The van der Waals surface area contributed by atoms with Gasteiger partial charge in [0.1, 0.15) is 12.6 Å². The number of alkyl carbamates (subject to hydrolysis) is 1. The van der Waals surface area contributed by atoms with E-state index < -0.39 is 24.0 Å². The lowest BCUT2D eigenvalue weighted by atomic mass is 9.82. The van der Waals surface area contributed by atoms with E-state index in [1.807, 2.05) is 24.3 Å². The molecule has 35 heavy (non-hydrogen) atoms. The van der Waals surface area contributed by atoms with Crippen molar-refractivity contribution < 1.29 is 24.2 Å². The summed E-state index contributed by atoms with van der Waals surface area (Å²) in [7, 11) is 0. The third-order valence-electron chi connectivity index (χ3n) is 7.80. The zero-order valence-corrected chi connectivity index (χ0v) is 19.8. The van der Waals surface area contributed by atoms with E-state index in [1.165, 1.54) is 16.0 Å². The number of rotatable bonds is 5. The van der Waals surface area contributed by atoms with Crippen molar-refractivity contribution in [3.63, 3.8) is 0 Å². The van der Waals surface area contributed by atoms with E-state index in [2.05, 4.69) is 29.6 Å². The Morgan fingerprint density at radius 2 is 1.51 bits per heavy atom. The van der Waals surface area contributed by atoms with Crippen LogP contribution in [0.15, 0.2) is 48.5 Å². The second kappa shape index (κ2) is 10.1. The lowest BCUT2D eigenvalue weighted by molar-refractivity contribution is -0.154. The molecule has 1 saturated heterocycles. The van der Waals surface area contributed by atoms with Gasteiger partial charge in [-0.3, -0.25) is 4.79 Å². The van der Waals surface area contributed by atoms with Crippen LogP contribution in [0.2, 0.25) is 0 Å². The molecule has 0 spiro atoms. The molecule has 5 rings (SSSR count). The van der Waals surface area contributed by atoms with Crippen LogP contribution in [0.1, 0.15) is 62.0 Å². The summed E-state index contributed by atoms with van der Waals surface area (Å²) >= 11 is 0. The van der Waals surface area contributed by atoms with E-state index in [0.29, 0.717) is 25.8 Å². The number of ether oxygens (including phenoxy) is 1. The normalized spacial score (nSPS) is 23.8. The Hall–Kier alpha value is -3.35. The molecule has 184 valence electrons. The van der Waals surface area contributed by atoms with Gasteiger partial charge < -0.3 is 20.1 Å². The molecule has 7 nitrogen and oxygen atoms in total. The van der Waals surface area contributed by atoms with Crippen LogP contribution in [-0.4, -0.2) is 53.2 Å². The Morgan fingerprint density at radius 1 is 0.886 bits per heavy atom. The summed E-state index contributed by atoms with van der Waals surface area (Å²) < 4.78 is 5.71. The molecular formula is C28H32N2O5. The van der Waals surface area contributed by atoms with Crippen LogP contribution in [0.5, 0.6) is 0 Å². The molecule has 7 heteroatoms. The van der Waals surface area contributed by atoms with Gasteiger partial charge in [-0.1, -0.05) is 61.4 Å². The van der Waals surface area contributed by atoms with Crippen molar-refractivity contribution in [2.24, 2.45) is 5.92 Å².